The van der Waals surface area contributed by atoms with Crippen LogP contribution in [-0.4, -0.2) is 37.5 Å². The quantitative estimate of drug-likeness (QED) is 0.745. The summed E-state index contributed by atoms with van der Waals surface area (Å²) in [6.45, 7) is 8.90. The maximum Gasteiger partial charge on any atom is 0.407 e. The van der Waals surface area contributed by atoms with Gasteiger partial charge in [0.15, 0.2) is 0 Å². The summed E-state index contributed by atoms with van der Waals surface area (Å²) in [6.07, 6.45) is -0.532. The van der Waals surface area contributed by atoms with Crippen LogP contribution in [0.3, 0.4) is 0 Å². The van der Waals surface area contributed by atoms with Gasteiger partial charge >= 0.3 is 11.8 Å². The molecule has 9 nitrogen and oxygen atoms in total. The molecule has 158 valence electrons. The Labute approximate surface area is 169 Å². The molecule has 2 N–H and O–H groups in total. The molecule has 0 aliphatic heterocycles. The van der Waals surface area contributed by atoms with Crippen molar-refractivity contribution in [2.24, 2.45) is 0 Å². The van der Waals surface area contributed by atoms with E-state index in [1.165, 1.54) is 10.6 Å². The average molecular weight is 404 g/mol. The van der Waals surface area contributed by atoms with Crippen molar-refractivity contribution < 1.29 is 14.6 Å². The molecular formula is C20H28N4O5. The van der Waals surface area contributed by atoms with Crippen LogP contribution < -0.4 is 16.6 Å². The number of hydrogen-bond acceptors (Lipinski definition) is 6. The van der Waals surface area contributed by atoms with Crippen molar-refractivity contribution in [3.8, 4) is 0 Å². The van der Waals surface area contributed by atoms with E-state index in [1.54, 1.807) is 40.7 Å². The minimum atomic E-state index is -0.593. The molecule has 0 saturated carbocycles. The summed E-state index contributed by atoms with van der Waals surface area (Å²) in [5.74, 6) is 0. The number of carbonyl (C=O) groups is 1. The minimum absolute atomic E-state index is 0.00943. The maximum atomic E-state index is 12.6. The van der Waals surface area contributed by atoms with Gasteiger partial charge in [-0.15, -0.1) is 0 Å². The highest BCUT2D eigenvalue weighted by Gasteiger charge is 2.16. The molecule has 0 spiro atoms. The number of ether oxygens (including phenoxy) is 1. The molecule has 2 aromatic heterocycles. The third-order valence-electron chi connectivity index (χ3n) is 4.03. The number of amides is 1. The Morgan fingerprint density at radius 3 is 2.48 bits per heavy atom. The zero-order valence-electron chi connectivity index (χ0n) is 17.5. The number of aryl methyl sites for hydroxylation is 2. The number of alkyl carbamates (subject to hydrolysis) is 1. The molecule has 29 heavy (non-hydrogen) atoms. The molecule has 9 heteroatoms. The summed E-state index contributed by atoms with van der Waals surface area (Å²) in [5, 5.41) is 11.8. The van der Waals surface area contributed by atoms with E-state index in [9.17, 15) is 14.4 Å². The number of pyridine rings is 1. The Morgan fingerprint density at radius 2 is 1.86 bits per heavy atom. The topological polar surface area (TPSA) is 115 Å². The highest BCUT2D eigenvalue weighted by Crippen LogP contribution is 2.09. The molecule has 0 saturated heterocycles. The Balaban J connectivity index is 2.25. The summed E-state index contributed by atoms with van der Waals surface area (Å²) in [6, 6.07) is 4.90. The summed E-state index contributed by atoms with van der Waals surface area (Å²) < 4.78 is 7.65. The number of aliphatic hydroxyl groups excluding tert-OH is 1. The van der Waals surface area contributed by atoms with E-state index in [0.29, 0.717) is 17.1 Å². The molecular weight excluding hydrogens is 376 g/mol. The SMILES string of the molecule is Cc1cc(CNC(=O)OC(C)(C)C)cc(Cn2c(=O)cc(C)n(CCO)c2=O)n1. The fraction of sp³-hybridized carbons (Fsp3) is 0.500. The van der Waals surface area contributed by atoms with E-state index in [1.807, 2.05) is 6.07 Å². The maximum absolute atomic E-state index is 12.6. The Bertz CT molecular complexity index is 1000. The van der Waals surface area contributed by atoms with E-state index < -0.39 is 22.9 Å². The fourth-order valence-electron chi connectivity index (χ4n) is 2.89. The Kier molecular flexibility index (Phi) is 6.97. The average Bonchev–Trinajstić information content (AvgIpc) is 2.58. The van der Waals surface area contributed by atoms with Gasteiger partial charge in [0.25, 0.3) is 5.56 Å². The molecule has 1 amide bonds. The molecule has 2 aromatic rings. The van der Waals surface area contributed by atoms with Crippen molar-refractivity contribution in [2.45, 2.75) is 59.9 Å². The van der Waals surface area contributed by atoms with Crippen LogP contribution >= 0.6 is 0 Å². The number of aliphatic hydroxyl groups is 1. The predicted molar refractivity (Wildman–Crippen MR) is 108 cm³/mol. The lowest BCUT2D eigenvalue weighted by atomic mass is 10.2. The first-order chi connectivity index (χ1) is 13.5. The fourth-order valence-corrected chi connectivity index (χ4v) is 2.89. The van der Waals surface area contributed by atoms with Gasteiger partial charge in [0.05, 0.1) is 25.4 Å². The van der Waals surface area contributed by atoms with Crippen molar-refractivity contribution in [2.75, 3.05) is 6.61 Å². The van der Waals surface area contributed by atoms with Gasteiger partial charge in [0, 0.05) is 24.0 Å². The summed E-state index contributed by atoms with van der Waals surface area (Å²) in [5.41, 5.74) is 0.951. The van der Waals surface area contributed by atoms with Crippen LogP contribution in [0, 0.1) is 13.8 Å². The number of nitrogens with zero attached hydrogens (tertiary/aromatic N) is 3. The molecule has 2 rings (SSSR count). The van der Waals surface area contributed by atoms with Gasteiger partial charge in [-0.2, -0.15) is 0 Å². The van der Waals surface area contributed by atoms with Gasteiger partial charge in [0.1, 0.15) is 5.60 Å². The van der Waals surface area contributed by atoms with Crippen molar-refractivity contribution in [3.05, 3.63) is 61.7 Å². The molecule has 0 aliphatic rings. The third-order valence-corrected chi connectivity index (χ3v) is 4.03. The van der Waals surface area contributed by atoms with Gasteiger partial charge in [-0.25, -0.2) is 9.59 Å². The van der Waals surface area contributed by atoms with Crippen molar-refractivity contribution in [1.29, 1.82) is 0 Å². The van der Waals surface area contributed by atoms with Gasteiger partial charge in [-0.05, 0) is 52.3 Å². The number of rotatable bonds is 6. The lowest BCUT2D eigenvalue weighted by Gasteiger charge is -2.19. The van der Waals surface area contributed by atoms with E-state index in [2.05, 4.69) is 10.3 Å². The second kappa shape index (κ2) is 9.04. The summed E-state index contributed by atoms with van der Waals surface area (Å²) in [4.78, 5) is 41.2. The molecule has 0 aliphatic carbocycles. The normalized spacial score (nSPS) is 11.4. The van der Waals surface area contributed by atoms with E-state index in [-0.39, 0.29) is 26.2 Å². The molecule has 0 radical (unpaired) electrons. The van der Waals surface area contributed by atoms with Crippen LogP contribution in [0.2, 0.25) is 0 Å². The van der Waals surface area contributed by atoms with Gasteiger partial charge < -0.3 is 15.2 Å². The number of carbonyl (C=O) groups excluding carboxylic acids is 1. The zero-order valence-corrected chi connectivity index (χ0v) is 17.5. The standard InChI is InChI=1S/C20H28N4O5/c1-13-8-15(11-21-18(27)29-20(3,4)5)10-16(22-13)12-24-17(26)9-14(2)23(6-7-25)19(24)28/h8-10,25H,6-7,11-12H2,1-5H3,(H,21,27). The first-order valence-corrected chi connectivity index (χ1v) is 9.35. The van der Waals surface area contributed by atoms with E-state index in [0.717, 1.165) is 10.1 Å². The molecule has 0 atom stereocenters. The molecule has 2 heterocycles. The monoisotopic (exact) mass is 404 g/mol. The Hall–Kier alpha value is -2.94. The smallest absolute Gasteiger partial charge is 0.407 e. The lowest BCUT2D eigenvalue weighted by molar-refractivity contribution is 0.0523. The molecule has 0 aromatic carbocycles. The predicted octanol–water partition coefficient (Wildman–Crippen LogP) is 1.09. The van der Waals surface area contributed by atoms with Crippen molar-refractivity contribution in [1.82, 2.24) is 19.4 Å². The van der Waals surface area contributed by atoms with Crippen molar-refractivity contribution in [3.63, 3.8) is 0 Å². The third kappa shape index (κ3) is 6.28. The minimum Gasteiger partial charge on any atom is -0.444 e. The lowest BCUT2D eigenvalue weighted by Crippen LogP contribution is -2.41. The molecule has 0 bridgehead atoms. The second-order valence-corrected chi connectivity index (χ2v) is 7.83. The van der Waals surface area contributed by atoms with Crippen molar-refractivity contribution >= 4 is 6.09 Å². The summed E-state index contributed by atoms with van der Waals surface area (Å²) in [7, 11) is 0. The largest absolute Gasteiger partial charge is 0.444 e. The first-order valence-electron chi connectivity index (χ1n) is 9.35. The van der Waals surface area contributed by atoms with E-state index in [4.69, 9.17) is 9.84 Å². The molecule has 0 fully saturated rings. The highest BCUT2D eigenvalue weighted by atomic mass is 16.6. The van der Waals surface area contributed by atoms with Crippen LogP contribution in [0.1, 0.15) is 43.4 Å². The number of nitrogens with one attached hydrogen (secondary N) is 1. The molecule has 0 unspecified atom stereocenters. The summed E-state index contributed by atoms with van der Waals surface area (Å²) >= 11 is 0. The van der Waals surface area contributed by atoms with Gasteiger partial charge in [-0.3, -0.25) is 18.9 Å². The first kappa shape index (κ1) is 22.4. The van der Waals surface area contributed by atoms with Crippen LogP contribution in [0.15, 0.2) is 27.8 Å². The van der Waals surface area contributed by atoms with Crippen LogP contribution in [0.4, 0.5) is 4.79 Å². The van der Waals surface area contributed by atoms with Gasteiger partial charge in [-0.1, -0.05) is 0 Å². The Morgan fingerprint density at radius 1 is 1.17 bits per heavy atom. The van der Waals surface area contributed by atoms with Crippen LogP contribution in [0.25, 0.3) is 0 Å². The highest BCUT2D eigenvalue weighted by molar-refractivity contribution is 5.67. The van der Waals surface area contributed by atoms with E-state index >= 15 is 0 Å². The second-order valence-electron chi connectivity index (χ2n) is 7.83. The number of hydrogen-bond donors (Lipinski definition) is 2. The van der Waals surface area contributed by atoms with Crippen LogP contribution in [-0.2, 0) is 24.4 Å². The van der Waals surface area contributed by atoms with Gasteiger partial charge in [0.2, 0.25) is 0 Å². The zero-order chi connectivity index (χ0) is 21.8. The number of aromatic nitrogens is 3. The van der Waals surface area contributed by atoms with Crippen LogP contribution in [0.5, 0.6) is 0 Å².